The van der Waals surface area contributed by atoms with E-state index in [0.29, 0.717) is 47.5 Å². The number of nitrogens with zero attached hydrogens (tertiary/aromatic N) is 1. The van der Waals surface area contributed by atoms with Crippen molar-refractivity contribution in [2.75, 3.05) is 25.6 Å². The Morgan fingerprint density at radius 1 is 0.805 bits per heavy atom. The fourth-order valence-corrected chi connectivity index (χ4v) is 3.74. The average molecular weight is 554 g/mol. The molecule has 0 saturated heterocycles. The number of hydrogen-bond acceptors (Lipinski definition) is 7. The number of hydrogen-bond donors (Lipinski definition) is 2. The molecule has 4 aromatic carbocycles. The third-order valence-corrected chi connectivity index (χ3v) is 5.75. The van der Waals surface area contributed by atoms with Crippen LogP contribution in [0, 0.1) is 0 Å². The molecule has 0 atom stereocenters. The van der Waals surface area contributed by atoms with Crippen LogP contribution in [0.1, 0.15) is 28.4 Å². The van der Waals surface area contributed by atoms with Gasteiger partial charge in [-0.25, -0.2) is 5.43 Å². The number of rotatable bonds is 13. The Bertz CT molecular complexity index is 1470. The van der Waals surface area contributed by atoms with Gasteiger partial charge in [0.25, 0.3) is 11.8 Å². The third kappa shape index (κ3) is 8.59. The Balaban J connectivity index is 1.27. The molecule has 0 aliphatic heterocycles. The standard InChI is InChI=1S/C32H31N3O6/c1-3-39-30-19-25(15-18-29(30)41-21-24-9-5-4-6-10-24)32(37)35-33-20-23-13-16-26(17-14-23)40-22-31(36)34-27-11-7-8-12-28(27)38-2/h4-20H,3,21-22H2,1-2H3,(H,34,36)(H,35,37)/b33-20+. The average Bonchev–Trinajstić information content (AvgIpc) is 3.01. The van der Waals surface area contributed by atoms with Crippen molar-refractivity contribution >= 4 is 23.7 Å². The van der Waals surface area contributed by atoms with Gasteiger partial charge in [-0.05, 0) is 72.6 Å². The molecule has 2 N–H and O–H groups in total. The van der Waals surface area contributed by atoms with E-state index in [0.717, 1.165) is 11.1 Å². The van der Waals surface area contributed by atoms with Gasteiger partial charge in [0.05, 0.1) is 25.6 Å². The van der Waals surface area contributed by atoms with Crippen molar-refractivity contribution < 1.29 is 28.5 Å². The second kappa shape index (κ2) is 14.7. The summed E-state index contributed by atoms with van der Waals surface area (Å²) in [6, 6.07) is 28.9. The van der Waals surface area contributed by atoms with E-state index in [1.54, 1.807) is 60.7 Å². The zero-order chi connectivity index (χ0) is 28.9. The normalized spacial score (nSPS) is 10.6. The van der Waals surface area contributed by atoms with Gasteiger partial charge in [0.15, 0.2) is 18.1 Å². The van der Waals surface area contributed by atoms with Gasteiger partial charge in [0.1, 0.15) is 18.1 Å². The summed E-state index contributed by atoms with van der Waals surface area (Å²) < 4.78 is 22.4. The van der Waals surface area contributed by atoms with Crippen molar-refractivity contribution in [3.63, 3.8) is 0 Å². The van der Waals surface area contributed by atoms with Crippen molar-refractivity contribution in [1.29, 1.82) is 0 Å². The van der Waals surface area contributed by atoms with E-state index in [-0.39, 0.29) is 12.5 Å². The first kappa shape index (κ1) is 28.7. The molecule has 4 aromatic rings. The van der Waals surface area contributed by atoms with Crippen molar-refractivity contribution in [3.8, 4) is 23.0 Å². The molecule has 41 heavy (non-hydrogen) atoms. The summed E-state index contributed by atoms with van der Waals surface area (Å²) >= 11 is 0. The Hall–Kier alpha value is -5.31. The van der Waals surface area contributed by atoms with Crippen LogP contribution in [-0.4, -0.2) is 38.4 Å². The van der Waals surface area contributed by atoms with Crippen LogP contribution < -0.4 is 29.7 Å². The highest BCUT2D eigenvalue weighted by Gasteiger charge is 2.12. The number of methoxy groups -OCH3 is 1. The fraction of sp³-hybridized carbons (Fsp3) is 0.156. The third-order valence-electron chi connectivity index (χ3n) is 5.75. The maximum atomic E-state index is 12.7. The Kier molecular flexibility index (Phi) is 10.3. The zero-order valence-corrected chi connectivity index (χ0v) is 22.8. The minimum atomic E-state index is -0.391. The molecule has 0 unspecified atom stereocenters. The molecule has 0 heterocycles. The summed E-state index contributed by atoms with van der Waals surface area (Å²) in [7, 11) is 1.54. The number of nitrogens with one attached hydrogen (secondary N) is 2. The molecule has 9 heteroatoms. The molecule has 0 aliphatic rings. The Labute approximate surface area is 238 Å². The van der Waals surface area contributed by atoms with E-state index in [2.05, 4.69) is 15.8 Å². The minimum Gasteiger partial charge on any atom is -0.495 e. The number of carbonyl (C=O) groups excluding carboxylic acids is 2. The highest BCUT2D eigenvalue weighted by molar-refractivity contribution is 5.95. The molecular formula is C32H31N3O6. The summed E-state index contributed by atoms with van der Waals surface area (Å²) in [6.45, 7) is 2.51. The number of carbonyl (C=O) groups is 2. The number of benzene rings is 4. The number of amides is 2. The number of anilines is 1. The zero-order valence-electron chi connectivity index (χ0n) is 22.8. The lowest BCUT2D eigenvalue weighted by atomic mass is 10.2. The molecular weight excluding hydrogens is 522 g/mol. The van der Waals surface area contributed by atoms with E-state index < -0.39 is 5.91 Å². The molecule has 0 fully saturated rings. The van der Waals surface area contributed by atoms with Crippen LogP contribution >= 0.6 is 0 Å². The molecule has 0 radical (unpaired) electrons. The topological polar surface area (TPSA) is 107 Å². The molecule has 0 aromatic heterocycles. The first-order valence-corrected chi connectivity index (χ1v) is 13.0. The number of ether oxygens (including phenoxy) is 4. The number of hydrazone groups is 1. The summed E-state index contributed by atoms with van der Waals surface area (Å²) in [5, 5.41) is 6.80. The van der Waals surface area contributed by atoms with Crippen molar-refractivity contribution in [3.05, 3.63) is 114 Å². The lowest BCUT2D eigenvalue weighted by Gasteiger charge is -2.13. The quantitative estimate of drug-likeness (QED) is 0.168. The van der Waals surface area contributed by atoms with Gasteiger partial charge in [-0.3, -0.25) is 9.59 Å². The second-order valence-corrected chi connectivity index (χ2v) is 8.67. The van der Waals surface area contributed by atoms with Crippen LogP contribution in [0.3, 0.4) is 0 Å². The van der Waals surface area contributed by atoms with Crippen LogP contribution in [0.4, 0.5) is 5.69 Å². The molecule has 2 amide bonds. The summed E-state index contributed by atoms with van der Waals surface area (Å²) in [4.78, 5) is 24.9. The first-order valence-electron chi connectivity index (χ1n) is 13.0. The van der Waals surface area contributed by atoms with E-state index in [1.165, 1.54) is 13.3 Å². The SMILES string of the molecule is CCOc1cc(C(=O)N/N=C/c2ccc(OCC(=O)Nc3ccccc3OC)cc2)ccc1OCc1ccccc1. The molecule has 4 rings (SSSR count). The minimum absolute atomic E-state index is 0.165. The summed E-state index contributed by atoms with van der Waals surface area (Å²) in [5.41, 5.74) is 5.23. The summed E-state index contributed by atoms with van der Waals surface area (Å²) in [5.74, 6) is 1.40. The molecule has 0 bridgehead atoms. The number of para-hydroxylation sites is 2. The summed E-state index contributed by atoms with van der Waals surface area (Å²) in [6.07, 6.45) is 1.51. The van der Waals surface area contributed by atoms with Crippen molar-refractivity contribution in [2.45, 2.75) is 13.5 Å². The molecule has 9 nitrogen and oxygen atoms in total. The maximum Gasteiger partial charge on any atom is 0.271 e. The van der Waals surface area contributed by atoms with Crippen molar-refractivity contribution in [2.24, 2.45) is 5.10 Å². The van der Waals surface area contributed by atoms with Gasteiger partial charge in [-0.1, -0.05) is 42.5 Å². The van der Waals surface area contributed by atoms with Gasteiger partial charge < -0.3 is 24.3 Å². The van der Waals surface area contributed by atoms with Crippen LogP contribution in [0.25, 0.3) is 0 Å². The van der Waals surface area contributed by atoms with Gasteiger partial charge >= 0.3 is 0 Å². The van der Waals surface area contributed by atoms with Gasteiger partial charge in [-0.2, -0.15) is 5.10 Å². The monoisotopic (exact) mass is 553 g/mol. The van der Waals surface area contributed by atoms with E-state index in [4.69, 9.17) is 18.9 Å². The van der Waals surface area contributed by atoms with Gasteiger partial charge in [0.2, 0.25) is 0 Å². The fourth-order valence-electron chi connectivity index (χ4n) is 3.74. The lowest BCUT2D eigenvalue weighted by Crippen LogP contribution is -2.20. The van der Waals surface area contributed by atoms with Crippen LogP contribution in [0.15, 0.2) is 102 Å². The highest BCUT2D eigenvalue weighted by Crippen LogP contribution is 2.29. The molecule has 0 saturated carbocycles. The largest absolute Gasteiger partial charge is 0.495 e. The van der Waals surface area contributed by atoms with Crippen molar-refractivity contribution in [1.82, 2.24) is 5.43 Å². The smallest absolute Gasteiger partial charge is 0.271 e. The maximum absolute atomic E-state index is 12.7. The highest BCUT2D eigenvalue weighted by atomic mass is 16.5. The second-order valence-electron chi connectivity index (χ2n) is 8.67. The molecule has 0 spiro atoms. The molecule has 0 aliphatic carbocycles. The first-order chi connectivity index (χ1) is 20.1. The van der Waals surface area contributed by atoms with Gasteiger partial charge in [-0.15, -0.1) is 0 Å². The Morgan fingerprint density at radius 2 is 1.56 bits per heavy atom. The van der Waals surface area contributed by atoms with Crippen LogP contribution in [0.5, 0.6) is 23.0 Å². The lowest BCUT2D eigenvalue weighted by molar-refractivity contribution is -0.118. The Morgan fingerprint density at radius 3 is 2.32 bits per heavy atom. The van der Waals surface area contributed by atoms with Crippen LogP contribution in [0.2, 0.25) is 0 Å². The van der Waals surface area contributed by atoms with E-state index >= 15 is 0 Å². The predicted octanol–water partition coefficient (Wildman–Crippen LogP) is 5.45. The van der Waals surface area contributed by atoms with Gasteiger partial charge in [0, 0.05) is 5.56 Å². The van der Waals surface area contributed by atoms with E-state index in [1.807, 2.05) is 43.3 Å². The predicted molar refractivity (Wildman–Crippen MR) is 157 cm³/mol. The molecule has 210 valence electrons. The van der Waals surface area contributed by atoms with Crippen LogP contribution in [-0.2, 0) is 11.4 Å². The van der Waals surface area contributed by atoms with E-state index in [9.17, 15) is 9.59 Å².